The van der Waals surface area contributed by atoms with Crippen LogP contribution in [0.3, 0.4) is 0 Å². The fourth-order valence-corrected chi connectivity index (χ4v) is 5.27. The summed E-state index contributed by atoms with van der Waals surface area (Å²) in [7, 11) is 4.53. The van der Waals surface area contributed by atoms with Crippen LogP contribution in [-0.4, -0.2) is 62.2 Å². The standard InChI is InChI=1S/C32H24O14/c1-11(33)13-7-16-25(36)24-15(32(40)44-6)9-20(42-4)27(38)30(24)46-28(16)21(12(2)34)23(13)18-10-17(35)22-14(31(39)43-5)8-19(41-3)26(37)29(22)45-18/h7-10,37-38H,1-6H3. The second kappa shape index (κ2) is 11.4. The van der Waals surface area contributed by atoms with Crippen molar-refractivity contribution in [1.29, 1.82) is 0 Å². The quantitative estimate of drug-likeness (QED) is 0.147. The summed E-state index contributed by atoms with van der Waals surface area (Å²) in [6.07, 6.45) is 0. The van der Waals surface area contributed by atoms with E-state index < -0.39 is 79.3 Å². The number of fused-ring (bicyclic) bond motifs is 3. The summed E-state index contributed by atoms with van der Waals surface area (Å²) in [6.45, 7) is 2.22. The van der Waals surface area contributed by atoms with E-state index in [2.05, 4.69) is 0 Å². The normalized spacial score (nSPS) is 11.1. The first-order chi connectivity index (χ1) is 21.8. The average Bonchev–Trinajstić information content (AvgIpc) is 3.03. The Bertz CT molecular complexity index is 2310. The van der Waals surface area contributed by atoms with Gasteiger partial charge in [0.15, 0.2) is 39.7 Å². The number of phenolic OH excluding ortho intramolecular Hbond substituents is 2. The van der Waals surface area contributed by atoms with Crippen molar-refractivity contribution in [2.75, 3.05) is 28.4 Å². The molecular formula is C32H24O14. The highest BCUT2D eigenvalue weighted by molar-refractivity contribution is 6.18. The Labute approximate surface area is 257 Å². The van der Waals surface area contributed by atoms with E-state index in [1.165, 1.54) is 14.2 Å². The Kier molecular flexibility index (Phi) is 7.74. The summed E-state index contributed by atoms with van der Waals surface area (Å²) in [5.74, 6) is -5.67. The van der Waals surface area contributed by atoms with Crippen molar-refractivity contribution in [3.05, 3.63) is 67.0 Å². The number of carbonyl (C=O) groups is 4. The zero-order chi connectivity index (χ0) is 33.8. The maximum absolute atomic E-state index is 13.9. The van der Waals surface area contributed by atoms with E-state index >= 15 is 0 Å². The molecule has 14 nitrogen and oxygen atoms in total. The lowest BCUT2D eigenvalue weighted by atomic mass is 9.90. The van der Waals surface area contributed by atoms with Crippen LogP contribution in [0, 0.1) is 0 Å². The number of esters is 2. The third-order valence-corrected chi connectivity index (χ3v) is 7.34. The molecule has 46 heavy (non-hydrogen) atoms. The minimum absolute atomic E-state index is 0.256. The van der Waals surface area contributed by atoms with Gasteiger partial charge in [-0.25, -0.2) is 9.59 Å². The lowest BCUT2D eigenvalue weighted by Gasteiger charge is -2.17. The van der Waals surface area contributed by atoms with Crippen molar-refractivity contribution in [2.24, 2.45) is 0 Å². The molecular weight excluding hydrogens is 608 g/mol. The number of rotatable bonds is 7. The van der Waals surface area contributed by atoms with Crippen LogP contribution in [0.5, 0.6) is 23.0 Å². The average molecular weight is 633 g/mol. The Balaban J connectivity index is 2.03. The fraction of sp³-hybridized carbons (Fsp3) is 0.188. The topological polar surface area (TPSA) is 206 Å². The molecule has 0 saturated carbocycles. The Morgan fingerprint density at radius 3 is 1.65 bits per heavy atom. The van der Waals surface area contributed by atoms with Gasteiger partial charge in [0.1, 0.15) is 11.3 Å². The lowest BCUT2D eigenvalue weighted by Crippen LogP contribution is -2.15. The van der Waals surface area contributed by atoms with Crippen LogP contribution in [0.1, 0.15) is 55.3 Å². The van der Waals surface area contributed by atoms with Gasteiger partial charge < -0.3 is 38.0 Å². The number of methoxy groups -OCH3 is 4. The van der Waals surface area contributed by atoms with Crippen molar-refractivity contribution in [3.8, 4) is 34.3 Å². The van der Waals surface area contributed by atoms with Crippen LogP contribution in [0.25, 0.3) is 44.2 Å². The summed E-state index contributed by atoms with van der Waals surface area (Å²) < 4.78 is 31.7. The SMILES string of the molecule is COC(=O)c1cc(OC)c(O)c2oc(-c3c(C(C)=O)cc4c(=O)c5c(C(=O)OC)cc(OC)c(O)c5oc4c3C(C)=O)cc(=O)c12. The molecule has 0 bridgehead atoms. The smallest absolute Gasteiger partial charge is 0.338 e. The highest BCUT2D eigenvalue weighted by atomic mass is 16.5. The third kappa shape index (κ3) is 4.58. The Morgan fingerprint density at radius 1 is 0.652 bits per heavy atom. The summed E-state index contributed by atoms with van der Waals surface area (Å²) in [5.41, 5.74) is -4.90. The van der Waals surface area contributed by atoms with Gasteiger partial charge in [0.25, 0.3) is 0 Å². The molecule has 0 amide bonds. The largest absolute Gasteiger partial charge is 0.502 e. The molecule has 0 aliphatic heterocycles. The minimum atomic E-state index is -0.968. The summed E-state index contributed by atoms with van der Waals surface area (Å²) in [5, 5.41) is 20.7. The van der Waals surface area contributed by atoms with Crippen molar-refractivity contribution >= 4 is 56.4 Å². The fourth-order valence-electron chi connectivity index (χ4n) is 5.27. The molecule has 5 rings (SSSR count). The number of hydrogen-bond donors (Lipinski definition) is 2. The molecule has 0 spiro atoms. The van der Waals surface area contributed by atoms with Crippen LogP contribution >= 0.6 is 0 Å². The molecule has 2 heterocycles. The van der Waals surface area contributed by atoms with Crippen molar-refractivity contribution in [2.45, 2.75) is 13.8 Å². The second-order valence-electron chi connectivity index (χ2n) is 9.91. The second-order valence-corrected chi connectivity index (χ2v) is 9.91. The number of benzene rings is 3. The highest BCUT2D eigenvalue weighted by Gasteiger charge is 2.31. The van der Waals surface area contributed by atoms with Crippen LogP contribution in [-0.2, 0) is 9.47 Å². The van der Waals surface area contributed by atoms with Crippen LogP contribution < -0.4 is 20.3 Å². The molecule has 2 N–H and O–H groups in total. The van der Waals surface area contributed by atoms with Gasteiger partial charge in [-0.05, 0) is 32.0 Å². The number of ether oxygens (including phenoxy) is 4. The Hall–Kier alpha value is -6.18. The Morgan fingerprint density at radius 2 is 1.17 bits per heavy atom. The monoisotopic (exact) mass is 632 g/mol. The van der Waals surface area contributed by atoms with Gasteiger partial charge in [-0.15, -0.1) is 0 Å². The first-order valence-corrected chi connectivity index (χ1v) is 13.2. The van der Waals surface area contributed by atoms with Crippen LogP contribution in [0.2, 0.25) is 0 Å². The van der Waals surface area contributed by atoms with E-state index in [-0.39, 0.29) is 44.5 Å². The molecule has 0 fully saturated rings. The van der Waals surface area contributed by atoms with Crippen LogP contribution in [0.15, 0.2) is 42.7 Å². The van der Waals surface area contributed by atoms with E-state index in [1.54, 1.807) is 0 Å². The van der Waals surface area contributed by atoms with Gasteiger partial charge >= 0.3 is 11.9 Å². The molecule has 0 saturated heterocycles. The molecule has 14 heteroatoms. The first kappa shape index (κ1) is 31.3. The third-order valence-electron chi connectivity index (χ3n) is 7.34. The minimum Gasteiger partial charge on any atom is -0.502 e. The predicted octanol–water partition coefficient (Wildman–Crippen LogP) is 4.13. The summed E-state index contributed by atoms with van der Waals surface area (Å²) in [6, 6.07) is 4.13. The highest BCUT2D eigenvalue weighted by Crippen LogP contribution is 2.42. The van der Waals surface area contributed by atoms with Crippen LogP contribution in [0.4, 0.5) is 0 Å². The maximum Gasteiger partial charge on any atom is 0.338 e. The molecule has 0 unspecified atom stereocenters. The van der Waals surface area contributed by atoms with E-state index in [4.69, 9.17) is 27.8 Å². The molecule has 5 aromatic rings. The van der Waals surface area contributed by atoms with Crippen molar-refractivity contribution < 1.29 is 57.2 Å². The zero-order valence-electron chi connectivity index (χ0n) is 25.1. The molecule has 2 aromatic heterocycles. The van der Waals surface area contributed by atoms with Gasteiger partial charge in [0.05, 0.1) is 61.3 Å². The van der Waals surface area contributed by atoms with E-state index in [9.17, 15) is 39.0 Å². The number of hydrogen-bond acceptors (Lipinski definition) is 14. The van der Waals surface area contributed by atoms with E-state index in [0.717, 1.165) is 52.3 Å². The van der Waals surface area contributed by atoms with Gasteiger partial charge in [-0.1, -0.05) is 0 Å². The first-order valence-electron chi connectivity index (χ1n) is 13.2. The number of carbonyl (C=O) groups excluding carboxylic acids is 4. The molecule has 3 aromatic carbocycles. The molecule has 0 atom stereocenters. The number of ketones is 2. The van der Waals surface area contributed by atoms with Gasteiger partial charge in [-0.2, -0.15) is 0 Å². The maximum atomic E-state index is 13.9. The number of Topliss-reactive ketones (excluding diaryl/α,β-unsaturated/α-hetero) is 2. The van der Waals surface area contributed by atoms with Crippen molar-refractivity contribution in [1.82, 2.24) is 0 Å². The van der Waals surface area contributed by atoms with Gasteiger partial charge in [0.2, 0.25) is 16.9 Å². The predicted molar refractivity (Wildman–Crippen MR) is 161 cm³/mol. The van der Waals surface area contributed by atoms with E-state index in [1.807, 2.05) is 0 Å². The molecule has 236 valence electrons. The van der Waals surface area contributed by atoms with Crippen molar-refractivity contribution in [3.63, 3.8) is 0 Å². The van der Waals surface area contributed by atoms with Gasteiger partial charge in [0, 0.05) is 17.2 Å². The number of aromatic hydroxyl groups is 2. The summed E-state index contributed by atoms with van der Waals surface area (Å²) >= 11 is 0. The molecule has 0 radical (unpaired) electrons. The zero-order valence-corrected chi connectivity index (χ0v) is 25.1. The number of phenols is 2. The molecule has 0 aliphatic carbocycles. The molecule has 0 aliphatic rings. The van der Waals surface area contributed by atoms with Gasteiger partial charge in [-0.3, -0.25) is 19.2 Å². The van der Waals surface area contributed by atoms with E-state index in [0.29, 0.717) is 0 Å². The summed E-state index contributed by atoms with van der Waals surface area (Å²) in [4.78, 5) is 79.0. The lowest BCUT2D eigenvalue weighted by molar-refractivity contribution is 0.0593.